The molecule has 34 heavy (non-hydrogen) atoms. The summed E-state index contributed by atoms with van der Waals surface area (Å²) < 4.78 is 17.4. The van der Waals surface area contributed by atoms with Crippen LogP contribution in [-0.2, 0) is 19.1 Å². The summed E-state index contributed by atoms with van der Waals surface area (Å²) in [6, 6.07) is 1.87. The molecule has 3 saturated carbocycles. The Morgan fingerprint density at radius 2 is 1.85 bits per heavy atom. The minimum absolute atomic E-state index is 0.0389. The van der Waals surface area contributed by atoms with E-state index in [-0.39, 0.29) is 46.8 Å². The quantitative estimate of drug-likeness (QED) is 0.585. The van der Waals surface area contributed by atoms with Crippen molar-refractivity contribution in [1.29, 1.82) is 0 Å². The molecule has 186 valence electrons. The standard InChI is InChI=1S/C28H38O6/c1-16(29)33-22-13-19-25(2,3)21(30)8-11-26(19,4)18-7-10-27(5)20(28(18,22)6)14-23(31)34-24(27)17-9-12-32-15-17/h9,12,14-15,18-19,21-22,24,30H,7-8,10-11,13H2,1-6H3/t18-,19-,21-,22-,24-,26+,27+,28+/m0/s1. The number of carbonyl (C=O) groups excluding carboxylic acids is 2. The molecule has 0 bridgehead atoms. The van der Waals surface area contributed by atoms with Crippen LogP contribution in [0, 0.1) is 33.5 Å². The lowest BCUT2D eigenvalue weighted by Crippen LogP contribution is -2.66. The number of aliphatic hydroxyl groups is 1. The van der Waals surface area contributed by atoms with Crippen LogP contribution in [0.15, 0.2) is 34.7 Å². The molecule has 1 N–H and O–H groups in total. The van der Waals surface area contributed by atoms with Gasteiger partial charge in [-0.15, -0.1) is 0 Å². The smallest absolute Gasteiger partial charge is 0.331 e. The summed E-state index contributed by atoms with van der Waals surface area (Å²) in [6.07, 6.45) is 7.93. The van der Waals surface area contributed by atoms with E-state index in [1.807, 2.05) is 6.07 Å². The van der Waals surface area contributed by atoms with Gasteiger partial charge in [0.2, 0.25) is 0 Å². The van der Waals surface area contributed by atoms with Crippen LogP contribution in [-0.4, -0.2) is 29.3 Å². The number of fused-ring (bicyclic) bond motifs is 5. The molecule has 1 aromatic rings. The van der Waals surface area contributed by atoms with Crippen LogP contribution >= 0.6 is 0 Å². The van der Waals surface area contributed by atoms with Crippen molar-refractivity contribution in [2.24, 2.45) is 33.5 Å². The first kappa shape index (κ1) is 23.7. The second-order valence-corrected chi connectivity index (χ2v) is 12.5. The Hall–Kier alpha value is -2.08. The molecule has 1 aliphatic heterocycles. The van der Waals surface area contributed by atoms with Gasteiger partial charge in [-0.05, 0) is 66.4 Å². The molecule has 5 rings (SSSR count). The van der Waals surface area contributed by atoms with Crippen LogP contribution in [0.25, 0.3) is 0 Å². The van der Waals surface area contributed by atoms with Gasteiger partial charge >= 0.3 is 11.9 Å². The fourth-order valence-corrected chi connectivity index (χ4v) is 8.84. The van der Waals surface area contributed by atoms with Gasteiger partial charge in [0, 0.05) is 29.4 Å². The molecule has 0 radical (unpaired) electrons. The summed E-state index contributed by atoms with van der Waals surface area (Å²) in [6.45, 7) is 12.5. The summed E-state index contributed by atoms with van der Waals surface area (Å²) in [7, 11) is 0. The van der Waals surface area contributed by atoms with E-state index >= 15 is 0 Å². The van der Waals surface area contributed by atoms with E-state index in [9.17, 15) is 14.7 Å². The normalized spacial score (nSPS) is 45.2. The first-order valence-corrected chi connectivity index (χ1v) is 12.7. The van der Waals surface area contributed by atoms with Gasteiger partial charge in [-0.2, -0.15) is 0 Å². The van der Waals surface area contributed by atoms with Crippen molar-refractivity contribution >= 4 is 11.9 Å². The van der Waals surface area contributed by atoms with Gasteiger partial charge in [-0.25, -0.2) is 4.79 Å². The average Bonchev–Trinajstić information content (AvgIpc) is 3.28. The molecule has 6 heteroatoms. The molecular weight excluding hydrogens is 432 g/mol. The summed E-state index contributed by atoms with van der Waals surface area (Å²) in [4.78, 5) is 25.3. The number of carbonyl (C=O) groups is 2. The number of cyclic esters (lactones) is 1. The Morgan fingerprint density at radius 1 is 1.12 bits per heavy atom. The van der Waals surface area contributed by atoms with Gasteiger partial charge in [0.15, 0.2) is 0 Å². The SMILES string of the molecule is CC(=O)O[C@H]1C[C@H]2C(C)(C)[C@@H](O)CC[C@]2(C)[C@@H]2CC[C@]3(C)C(=CC(=O)O[C@H]3c3ccoc3)[C@]12C. The average molecular weight is 471 g/mol. The molecular formula is C28H38O6. The lowest BCUT2D eigenvalue weighted by molar-refractivity contribution is -0.226. The van der Waals surface area contributed by atoms with Crippen LogP contribution < -0.4 is 0 Å². The Labute approximate surface area is 202 Å². The molecule has 0 saturated heterocycles. The zero-order valence-electron chi connectivity index (χ0n) is 21.2. The highest BCUT2D eigenvalue weighted by Crippen LogP contribution is 2.73. The van der Waals surface area contributed by atoms with Gasteiger partial charge in [0.1, 0.15) is 12.2 Å². The fraction of sp³-hybridized carbons (Fsp3) is 0.714. The van der Waals surface area contributed by atoms with Crippen molar-refractivity contribution in [2.75, 3.05) is 0 Å². The second-order valence-electron chi connectivity index (χ2n) is 12.5. The van der Waals surface area contributed by atoms with E-state index in [2.05, 4.69) is 34.6 Å². The summed E-state index contributed by atoms with van der Waals surface area (Å²) in [5, 5.41) is 10.9. The van der Waals surface area contributed by atoms with Crippen LogP contribution in [0.5, 0.6) is 0 Å². The molecule has 0 spiro atoms. The first-order valence-electron chi connectivity index (χ1n) is 12.7. The second kappa shape index (κ2) is 7.46. The summed E-state index contributed by atoms with van der Waals surface area (Å²) in [5.41, 5.74) is 0.635. The molecule has 3 aliphatic carbocycles. The molecule has 8 atom stereocenters. The zero-order valence-corrected chi connectivity index (χ0v) is 21.2. The van der Waals surface area contributed by atoms with E-state index in [0.717, 1.165) is 36.8 Å². The third-order valence-corrected chi connectivity index (χ3v) is 10.5. The van der Waals surface area contributed by atoms with Crippen molar-refractivity contribution in [2.45, 2.75) is 92.0 Å². The third-order valence-electron chi connectivity index (χ3n) is 10.5. The number of aliphatic hydroxyl groups excluding tert-OH is 1. The Kier molecular flexibility index (Phi) is 5.19. The Bertz CT molecular complexity index is 1020. The fourth-order valence-electron chi connectivity index (χ4n) is 8.84. The van der Waals surface area contributed by atoms with E-state index < -0.39 is 16.9 Å². The van der Waals surface area contributed by atoms with Crippen molar-refractivity contribution in [1.82, 2.24) is 0 Å². The Balaban J connectivity index is 1.67. The van der Waals surface area contributed by atoms with Crippen LogP contribution in [0.3, 0.4) is 0 Å². The lowest BCUT2D eigenvalue weighted by atomic mass is 9.36. The maximum absolute atomic E-state index is 12.9. The maximum Gasteiger partial charge on any atom is 0.331 e. The minimum Gasteiger partial charge on any atom is -0.472 e. The van der Waals surface area contributed by atoms with E-state index in [1.165, 1.54) is 6.92 Å². The molecule has 0 amide bonds. The summed E-state index contributed by atoms with van der Waals surface area (Å²) in [5.74, 6) is -0.240. The van der Waals surface area contributed by atoms with Crippen molar-refractivity contribution in [3.05, 3.63) is 35.8 Å². The number of furan rings is 1. The molecule has 1 aromatic heterocycles. The predicted octanol–water partition coefficient (Wildman–Crippen LogP) is 5.37. The molecule has 6 nitrogen and oxygen atoms in total. The number of ether oxygens (including phenoxy) is 2. The zero-order chi connectivity index (χ0) is 24.7. The monoisotopic (exact) mass is 470 g/mol. The molecule has 4 aliphatic rings. The number of esters is 2. The number of rotatable bonds is 2. The largest absolute Gasteiger partial charge is 0.472 e. The lowest BCUT2D eigenvalue weighted by Gasteiger charge is -2.69. The Morgan fingerprint density at radius 3 is 2.50 bits per heavy atom. The van der Waals surface area contributed by atoms with Crippen molar-refractivity contribution < 1.29 is 28.6 Å². The molecule has 2 heterocycles. The number of hydrogen-bond donors (Lipinski definition) is 1. The molecule has 0 aromatic carbocycles. The van der Waals surface area contributed by atoms with Crippen LogP contribution in [0.1, 0.15) is 85.3 Å². The molecule has 0 unspecified atom stereocenters. The first-order chi connectivity index (χ1) is 15.8. The topological polar surface area (TPSA) is 86.0 Å². The van der Waals surface area contributed by atoms with E-state index in [0.29, 0.717) is 6.42 Å². The highest BCUT2D eigenvalue weighted by molar-refractivity contribution is 5.85. The van der Waals surface area contributed by atoms with Gasteiger partial charge in [0.05, 0.1) is 18.6 Å². The van der Waals surface area contributed by atoms with Gasteiger partial charge in [-0.3, -0.25) is 4.79 Å². The predicted molar refractivity (Wildman–Crippen MR) is 125 cm³/mol. The van der Waals surface area contributed by atoms with Gasteiger partial charge in [-0.1, -0.05) is 34.6 Å². The van der Waals surface area contributed by atoms with E-state index in [4.69, 9.17) is 13.9 Å². The van der Waals surface area contributed by atoms with Crippen molar-refractivity contribution in [3.8, 4) is 0 Å². The summed E-state index contributed by atoms with van der Waals surface area (Å²) >= 11 is 0. The third kappa shape index (κ3) is 3.03. The maximum atomic E-state index is 12.9. The molecule has 3 fully saturated rings. The van der Waals surface area contributed by atoms with Gasteiger partial charge in [0.25, 0.3) is 0 Å². The highest BCUT2D eigenvalue weighted by atomic mass is 16.6. The highest BCUT2D eigenvalue weighted by Gasteiger charge is 2.69. The van der Waals surface area contributed by atoms with Crippen LogP contribution in [0.2, 0.25) is 0 Å². The van der Waals surface area contributed by atoms with Crippen molar-refractivity contribution in [3.63, 3.8) is 0 Å². The van der Waals surface area contributed by atoms with Crippen LogP contribution in [0.4, 0.5) is 0 Å². The number of hydrogen-bond acceptors (Lipinski definition) is 6. The van der Waals surface area contributed by atoms with Gasteiger partial charge < -0.3 is 19.0 Å². The minimum atomic E-state index is -0.510. The van der Waals surface area contributed by atoms with E-state index in [1.54, 1.807) is 18.6 Å².